The van der Waals surface area contributed by atoms with Crippen molar-refractivity contribution < 1.29 is 88.7 Å². The number of ether oxygens (including phenoxy) is 7. The van der Waals surface area contributed by atoms with Crippen LogP contribution in [0, 0.1) is 0 Å². The molecule has 2 aliphatic heterocycles. The predicted molar refractivity (Wildman–Crippen MR) is 195 cm³/mol. The van der Waals surface area contributed by atoms with Gasteiger partial charge < -0.3 is 79.1 Å². The minimum Gasteiger partial charge on any atom is -0.504 e. The maximum absolute atomic E-state index is 13.3. The SMILES string of the molecule is COc1cc(C=CC(=O)OC[C@H]2O[C@@H](OCCc3ccc(O)c(O)c3)[C@H](O)[C@@H](O[C@@H]3O[C@@H](C)[C@H](O)[C@@H](O)[C@H]3O)[C@@H]2OC(=O)C=Cc2ccc(O)c(O)c2)ccc1O. The average Bonchev–Trinajstić information content (AvgIpc) is 3.19. The zero-order valence-corrected chi connectivity index (χ0v) is 30.6. The zero-order valence-electron chi connectivity index (χ0n) is 30.6. The largest absolute Gasteiger partial charge is 0.504 e. The lowest BCUT2D eigenvalue weighted by Crippen LogP contribution is -2.65. The third kappa shape index (κ3) is 10.9. The summed E-state index contributed by atoms with van der Waals surface area (Å²) < 4.78 is 39.7. The van der Waals surface area contributed by atoms with Crippen LogP contribution in [0.1, 0.15) is 23.6 Å². The van der Waals surface area contributed by atoms with Crippen molar-refractivity contribution in [1.82, 2.24) is 0 Å². The first kappa shape index (κ1) is 42.7. The van der Waals surface area contributed by atoms with Crippen LogP contribution < -0.4 is 4.74 Å². The van der Waals surface area contributed by atoms with Crippen molar-refractivity contribution in [3.63, 3.8) is 0 Å². The van der Waals surface area contributed by atoms with Crippen LogP contribution in [-0.2, 0) is 44.4 Å². The van der Waals surface area contributed by atoms with Crippen molar-refractivity contribution in [2.45, 2.75) is 74.8 Å². The van der Waals surface area contributed by atoms with E-state index in [0.717, 1.165) is 12.2 Å². The van der Waals surface area contributed by atoms with E-state index < -0.39 is 91.5 Å². The van der Waals surface area contributed by atoms with Crippen LogP contribution in [0.5, 0.6) is 34.5 Å². The predicted octanol–water partition coefficient (Wildman–Crippen LogP) is 0.963. The molecule has 3 aromatic carbocycles. The van der Waals surface area contributed by atoms with E-state index >= 15 is 0 Å². The Morgan fingerprint density at radius 2 is 1.32 bits per heavy atom. The summed E-state index contributed by atoms with van der Waals surface area (Å²) in [5, 5.41) is 92.0. The number of rotatable bonds is 14. The average molecular weight is 801 g/mol. The molecule has 18 heteroatoms. The molecule has 0 aliphatic carbocycles. The number of benzene rings is 3. The standard InChI is InChI=1S/C39H44O18/c1-19-32(47)33(48)34(49)39(54-19)57-37-35(50)38(52-14-13-22-4-9-24(41)27(44)16-22)55-29(18-53-30(45)11-6-21-5-10-25(42)28(17-21)51-2)36(37)56-31(46)12-7-20-3-8-23(40)26(43)15-20/h3-12,15-17,19,29,32-44,47-50H,13-14,18H2,1-2H3/t19-,29+,32-,33+,34+,35+,36+,37+,38+,39-/m0/s1. The summed E-state index contributed by atoms with van der Waals surface area (Å²) in [6.07, 6.45) is -11.3. The monoisotopic (exact) mass is 800 g/mol. The Balaban J connectivity index is 1.41. The van der Waals surface area contributed by atoms with Crippen molar-refractivity contribution >= 4 is 24.1 Å². The van der Waals surface area contributed by atoms with Crippen LogP contribution in [0.15, 0.2) is 66.7 Å². The van der Waals surface area contributed by atoms with Gasteiger partial charge in [0.05, 0.1) is 19.8 Å². The van der Waals surface area contributed by atoms with Crippen LogP contribution in [0.4, 0.5) is 0 Å². The van der Waals surface area contributed by atoms with Crippen LogP contribution in [-0.4, -0.2) is 140 Å². The van der Waals surface area contributed by atoms with Gasteiger partial charge in [-0.15, -0.1) is 0 Å². The van der Waals surface area contributed by atoms with Gasteiger partial charge in [0.2, 0.25) is 0 Å². The topological polar surface area (TPSA) is 281 Å². The Morgan fingerprint density at radius 3 is 1.98 bits per heavy atom. The summed E-state index contributed by atoms with van der Waals surface area (Å²) in [5.74, 6) is -3.46. The van der Waals surface area contributed by atoms with E-state index in [2.05, 4.69) is 0 Å². The molecule has 0 aromatic heterocycles. The van der Waals surface area contributed by atoms with Gasteiger partial charge in [-0.2, -0.15) is 0 Å². The molecular formula is C39H44O18. The maximum atomic E-state index is 13.3. The van der Waals surface area contributed by atoms with Crippen LogP contribution in [0.25, 0.3) is 12.2 Å². The third-order valence-corrected chi connectivity index (χ3v) is 9.10. The highest BCUT2D eigenvalue weighted by Crippen LogP contribution is 2.33. The molecule has 57 heavy (non-hydrogen) atoms. The highest BCUT2D eigenvalue weighted by molar-refractivity contribution is 5.88. The molecule has 308 valence electrons. The van der Waals surface area contributed by atoms with Gasteiger partial charge in [-0.05, 0) is 78.6 Å². The first-order valence-corrected chi connectivity index (χ1v) is 17.6. The Morgan fingerprint density at radius 1 is 0.684 bits per heavy atom. The van der Waals surface area contributed by atoms with Crippen LogP contribution in [0.2, 0.25) is 0 Å². The number of aliphatic hydroxyl groups excluding tert-OH is 4. The Bertz CT molecular complexity index is 1910. The van der Waals surface area contributed by atoms with E-state index in [0.29, 0.717) is 11.1 Å². The molecule has 2 fully saturated rings. The van der Waals surface area contributed by atoms with Crippen molar-refractivity contribution in [2.75, 3.05) is 20.3 Å². The third-order valence-electron chi connectivity index (χ3n) is 9.10. The molecule has 0 saturated carbocycles. The molecule has 3 aromatic rings. The fourth-order valence-corrected chi connectivity index (χ4v) is 5.92. The van der Waals surface area contributed by atoms with E-state index in [4.69, 9.17) is 33.2 Å². The summed E-state index contributed by atoms with van der Waals surface area (Å²) in [6, 6.07) is 12.2. The molecule has 0 bridgehead atoms. The van der Waals surface area contributed by atoms with E-state index in [1.54, 1.807) is 0 Å². The highest BCUT2D eigenvalue weighted by atomic mass is 16.7. The summed E-state index contributed by atoms with van der Waals surface area (Å²) in [4.78, 5) is 26.2. The van der Waals surface area contributed by atoms with Crippen molar-refractivity contribution in [3.05, 3.63) is 83.4 Å². The second-order valence-electron chi connectivity index (χ2n) is 13.1. The molecule has 2 heterocycles. The minimum absolute atomic E-state index is 0.119. The second kappa shape index (κ2) is 19.1. The van der Waals surface area contributed by atoms with Gasteiger partial charge >= 0.3 is 11.9 Å². The van der Waals surface area contributed by atoms with E-state index in [1.165, 1.54) is 80.8 Å². The molecule has 9 N–H and O–H groups in total. The molecule has 0 amide bonds. The van der Waals surface area contributed by atoms with Gasteiger partial charge in [-0.3, -0.25) is 0 Å². The van der Waals surface area contributed by atoms with Crippen LogP contribution in [0.3, 0.4) is 0 Å². The number of phenols is 5. The molecule has 0 unspecified atom stereocenters. The van der Waals surface area contributed by atoms with Crippen molar-refractivity contribution in [2.24, 2.45) is 0 Å². The first-order valence-electron chi connectivity index (χ1n) is 17.6. The first-order chi connectivity index (χ1) is 27.1. The normalized spacial score (nSPS) is 27.7. The lowest BCUT2D eigenvalue weighted by Gasteiger charge is -2.46. The number of phenolic OH excluding ortho intramolecular Hbond substituents is 5. The maximum Gasteiger partial charge on any atom is 0.331 e. The number of esters is 2. The van der Waals surface area contributed by atoms with Gasteiger partial charge in [0, 0.05) is 12.2 Å². The van der Waals surface area contributed by atoms with E-state index in [1.807, 2.05) is 0 Å². The minimum atomic E-state index is -1.86. The number of aliphatic hydroxyl groups is 4. The number of hydrogen-bond donors (Lipinski definition) is 9. The number of carbonyl (C=O) groups excluding carboxylic acids is 2. The van der Waals surface area contributed by atoms with Crippen molar-refractivity contribution in [3.8, 4) is 34.5 Å². The lowest BCUT2D eigenvalue weighted by molar-refractivity contribution is -0.357. The molecule has 0 spiro atoms. The van der Waals surface area contributed by atoms with Crippen molar-refractivity contribution in [1.29, 1.82) is 0 Å². The van der Waals surface area contributed by atoms with Crippen LogP contribution >= 0.6 is 0 Å². The molecule has 2 aliphatic rings. The fraction of sp³-hybridized carbons (Fsp3) is 0.385. The fourth-order valence-electron chi connectivity index (χ4n) is 5.92. The second-order valence-corrected chi connectivity index (χ2v) is 13.1. The molecule has 5 rings (SSSR count). The summed E-state index contributed by atoms with van der Waals surface area (Å²) in [5.41, 5.74) is 1.29. The Labute approximate surface area is 325 Å². The smallest absolute Gasteiger partial charge is 0.331 e. The van der Waals surface area contributed by atoms with E-state index in [9.17, 15) is 55.5 Å². The van der Waals surface area contributed by atoms with E-state index in [-0.39, 0.29) is 41.6 Å². The van der Waals surface area contributed by atoms with Gasteiger partial charge in [0.25, 0.3) is 0 Å². The van der Waals surface area contributed by atoms with Gasteiger partial charge in [-0.25, -0.2) is 9.59 Å². The zero-order chi connectivity index (χ0) is 41.4. The highest BCUT2D eigenvalue weighted by Gasteiger charge is 2.52. The number of carbonyl (C=O) groups is 2. The Hall–Kier alpha value is -5.44. The number of methoxy groups -OCH3 is 1. The molecular weight excluding hydrogens is 756 g/mol. The summed E-state index contributed by atoms with van der Waals surface area (Å²) >= 11 is 0. The lowest BCUT2D eigenvalue weighted by atomic mass is 9.97. The molecule has 18 nitrogen and oxygen atoms in total. The van der Waals surface area contributed by atoms with Gasteiger partial charge in [0.15, 0.2) is 53.2 Å². The quantitative estimate of drug-likeness (QED) is 0.0624. The number of hydrogen-bond acceptors (Lipinski definition) is 18. The summed E-state index contributed by atoms with van der Waals surface area (Å²) in [7, 11) is 1.36. The Kier molecular flexibility index (Phi) is 14.3. The molecule has 0 radical (unpaired) electrons. The number of aromatic hydroxyl groups is 5. The van der Waals surface area contributed by atoms with Gasteiger partial charge in [-0.1, -0.05) is 18.2 Å². The summed E-state index contributed by atoms with van der Waals surface area (Å²) in [6.45, 7) is 0.609. The molecule has 2 saturated heterocycles. The molecule has 10 atom stereocenters. The van der Waals surface area contributed by atoms with Gasteiger partial charge in [0.1, 0.15) is 43.2 Å².